The lowest BCUT2D eigenvalue weighted by Crippen LogP contribution is -2.09. The Morgan fingerprint density at radius 1 is 0.680 bits per heavy atom. The van der Waals surface area contributed by atoms with Gasteiger partial charge in [0.25, 0.3) is 0 Å². The fourth-order valence-electron chi connectivity index (χ4n) is 2.05. The van der Waals surface area contributed by atoms with E-state index in [4.69, 9.17) is 23.2 Å². The van der Waals surface area contributed by atoms with Gasteiger partial charge in [0, 0.05) is 28.0 Å². The summed E-state index contributed by atoms with van der Waals surface area (Å²) in [5.41, 5.74) is 1.66. The highest BCUT2D eigenvalue weighted by atomic mass is 35.5. The molecule has 3 aromatic rings. The second kappa shape index (κ2) is 8.00. The Morgan fingerprint density at radius 2 is 1.08 bits per heavy atom. The van der Waals surface area contributed by atoms with E-state index in [-0.39, 0.29) is 0 Å². The number of rotatable bonds is 6. The smallest absolute Gasteiger partial charge is 0.233 e. The summed E-state index contributed by atoms with van der Waals surface area (Å²) in [6.07, 6.45) is 0. The van der Waals surface area contributed by atoms with E-state index in [9.17, 15) is 0 Å². The Balaban J connectivity index is 1.85. The highest BCUT2D eigenvalue weighted by Crippen LogP contribution is 2.21. The third-order valence-corrected chi connectivity index (χ3v) is 3.67. The van der Waals surface area contributed by atoms with Crippen LogP contribution in [-0.2, 0) is 0 Å². The topological polar surface area (TPSA) is 74.8 Å². The lowest BCUT2D eigenvalue weighted by atomic mass is 10.3. The fourth-order valence-corrected chi connectivity index (χ4v) is 2.30. The number of nitrogens with one attached hydrogen (secondary N) is 3. The normalized spacial score (nSPS) is 10.4. The van der Waals surface area contributed by atoms with Crippen LogP contribution in [-0.4, -0.2) is 21.5 Å². The van der Waals surface area contributed by atoms with Gasteiger partial charge in [0.05, 0.1) is 0 Å². The summed E-state index contributed by atoms with van der Waals surface area (Å²) in [4.78, 5) is 13.1. The Bertz CT molecular complexity index is 771. The molecule has 128 valence electrons. The third-order valence-electron chi connectivity index (χ3n) is 3.17. The maximum absolute atomic E-state index is 5.91. The van der Waals surface area contributed by atoms with Gasteiger partial charge in [-0.25, -0.2) is 0 Å². The molecule has 3 N–H and O–H groups in total. The Morgan fingerprint density at radius 3 is 1.48 bits per heavy atom. The van der Waals surface area contributed by atoms with Crippen molar-refractivity contribution in [2.45, 2.75) is 6.92 Å². The van der Waals surface area contributed by atoms with Gasteiger partial charge in [0.15, 0.2) is 0 Å². The summed E-state index contributed by atoms with van der Waals surface area (Å²) in [5, 5.41) is 10.7. The first-order valence-corrected chi connectivity index (χ1v) is 8.43. The van der Waals surface area contributed by atoms with Gasteiger partial charge in [-0.2, -0.15) is 15.0 Å². The molecule has 0 saturated carbocycles. The van der Waals surface area contributed by atoms with E-state index in [1.807, 2.05) is 31.2 Å². The van der Waals surface area contributed by atoms with E-state index < -0.39 is 0 Å². The maximum Gasteiger partial charge on any atom is 0.233 e. The average Bonchev–Trinajstić information content (AvgIpc) is 2.59. The largest absolute Gasteiger partial charge is 0.354 e. The first-order valence-electron chi connectivity index (χ1n) is 7.67. The molecule has 0 amide bonds. The predicted octanol–water partition coefficient (Wildman–Crippen LogP) is 5.10. The summed E-state index contributed by atoms with van der Waals surface area (Å²) in [5.74, 6) is 1.32. The molecule has 2 aromatic carbocycles. The van der Waals surface area contributed by atoms with Crippen LogP contribution in [0.15, 0.2) is 48.5 Å². The molecule has 1 aromatic heterocycles. The van der Waals surface area contributed by atoms with E-state index in [0.717, 1.165) is 11.4 Å². The summed E-state index contributed by atoms with van der Waals surface area (Å²) in [7, 11) is 0. The Hall–Kier alpha value is -2.57. The monoisotopic (exact) mass is 374 g/mol. The second-order valence-corrected chi connectivity index (χ2v) is 5.97. The number of halogens is 2. The minimum Gasteiger partial charge on any atom is -0.354 e. The molecule has 0 unspecified atom stereocenters. The molecule has 8 heteroatoms. The molecule has 25 heavy (non-hydrogen) atoms. The van der Waals surface area contributed by atoms with E-state index in [1.54, 1.807) is 24.3 Å². The zero-order chi connectivity index (χ0) is 17.6. The van der Waals surface area contributed by atoms with Gasteiger partial charge in [0.2, 0.25) is 17.8 Å². The second-order valence-electron chi connectivity index (χ2n) is 5.10. The van der Waals surface area contributed by atoms with Crippen molar-refractivity contribution in [2.24, 2.45) is 0 Å². The van der Waals surface area contributed by atoms with Crippen LogP contribution in [0, 0.1) is 0 Å². The predicted molar refractivity (Wildman–Crippen MR) is 103 cm³/mol. The number of hydrogen-bond acceptors (Lipinski definition) is 6. The van der Waals surface area contributed by atoms with Gasteiger partial charge >= 0.3 is 0 Å². The standard InChI is InChI=1S/C17H16Cl2N6/c1-2-20-15-23-16(21-13-7-3-11(18)4-8-13)25-17(24-15)22-14-9-5-12(19)6-10-14/h3-10H,2H2,1H3,(H3,20,21,22,23,24,25). The van der Waals surface area contributed by atoms with Gasteiger partial charge in [-0.1, -0.05) is 23.2 Å². The van der Waals surface area contributed by atoms with Gasteiger partial charge in [-0.15, -0.1) is 0 Å². The van der Waals surface area contributed by atoms with Crippen molar-refractivity contribution in [3.8, 4) is 0 Å². The van der Waals surface area contributed by atoms with Crippen LogP contribution in [0.25, 0.3) is 0 Å². The third kappa shape index (κ3) is 4.95. The van der Waals surface area contributed by atoms with Gasteiger partial charge in [0.1, 0.15) is 0 Å². The first kappa shape index (κ1) is 17.3. The summed E-state index contributed by atoms with van der Waals surface area (Å²) < 4.78 is 0. The van der Waals surface area contributed by atoms with Crippen LogP contribution in [0.3, 0.4) is 0 Å². The van der Waals surface area contributed by atoms with Crippen LogP contribution in [0.5, 0.6) is 0 Å². The Kier molecular flexibility index (Phi) is 5.53. The highest BCUT2D eigenvalue weighted by Gasteiger charge is 2.07. The molecular weight excluding hydrogens is 359 g/mol. The highest BCUT2D eigenvalue weighted by molar-refractivity contribution is 6.30. The molecule has 0 saturated heterocycles. The molecule has 6 nitrogen and oxygen atoms in total. The van der Waals surface area contributed by atoms with Crippen LogP contribution < -0.4 is 16.0 Å². The molecule has 0 aliphatic carbocycles. The zero-order valence-electron chi connectivity index (χ0n) is 13.4. The molecule has 1 heterocycles. The SMILES string of the molecule is CCNc1nc(Nc2ccc(Cl)cc2)nc(Nc2ccc(Cl)cc2)n1. The number of hydrogen-bond donors (Lipinski definition) is 3. The zero-order valence-corrected chi connectivity index (χ0v) is 14.9. The average molecular weight is 375 g/mol. The molecular formula is C17H16Cl2N6. The van der Waals surface area contributed by atoms with Crippen molar-refractivity contribution < 1.29 is 0 Å². The van der Waals surface area contributed by atoms with Crippen molar-refractivity contribution in [1.29, 1.82) is 0 Å². The molecule has 0 bridgehead atoms. The molecule has 0 aliphatic rings. The molecule has 0 fully saturated rings. The fraction of sp³-hybridized carbons (Fsp3) is 0.118. The lowest BCUT2D eigenvalue weighted by Gasteiger charge is -2.11. The Labute approximate surface area is 155 Å². The van der Waals surface area contributed by atoms with Crippen molar-refractivity contribution >= 4 is 52.4 Å². The minimum absolute atomic E-state index is 0.421. The molecule has 0 spiro atoms. The maximum atomic E-state index is 5.91. The van der Waals surface area contributed by atoms with Crippen LogP contribution in [0.4, 0.5) is 29.2 Å². The number of anilines is 5. The quantitative estimate of drug-likeness (QED) is 0.557. The number of aromatic nitrogens is 3. The van der Waals surface area contributed by atoms with Gasteiger partial charge < -0.3 is 16.0 Å². The van der Waals surface area contributed by atoms with Crippen molar-refractivity contribution in [3.05, 3.63) is 58.6 Å². The number of nitrogens with zero attached hydrogens (tertiary/aromatic N) is 3. The van der Waals surface area contributed by atoms with Crippen molar-refractivity contribution in [2.75, 3.05) is 22.5 Å². The van der Waals surface area contributed by atoms with Gasteiger partial charge in [-0.3, -0.25) is 0 Å². The van der Waals surface area contributed by atoms with E-state index in [1.165, 1.54) is 0 Å². The summed E-state index contributed by atoms with van der Waals surface area (Å²) in [6, 6.07) is 14.6. The number of benzene rings is 2. The summed E-state index contributed by atoms with van der Waals surface area (Å²) in [6.45, 7) is 2.67. The van der Waals surface area contributed by atoms with E-state index in [0.29, 0.717) is 34.4 Å². The van der Waals surface area contributed by atoms with Crippen molar-refractivity contribution in [3.63, 3.8) is 0 Å². The lowest BCUT2D eigenvalue weighted by molar-refractivity contribution is 1.03. The van der Waals surface area contributed by atoms with Crippen molar-refractivity contribution in [1.82, 2.24) is 15.0 Å². The first-order chi connectivity index (χ1) is 12.1. The van der Waals surface area contributed by atoms with Crippen LogP contribution >= 0.6 is 23.2 Å². The van der Waals surface area contributed by atoms with Crippen LogP contribution in [0.2, 0.25) is 10.0 Å². The molecule has 0 radical (unpaired) electrons. The molecule has 0 atom stereocenters. The summed E-state index contributed by atoms with van der Waals surface area (Å²) >= 11 is 11.8. The van der Waals surface area contributed by atoms with E-state index in [2.05, 4.69) is 30.9 Å². The van der Waals surface area contributed by atoms with Gasteiger partial charge in [-0.05, 0) is 55.5 Å². The molecule has 3 rings (SSSR count). The van der Waals surface area contributed by atoms with E-state index >= 15 is 0 Å². The molecule has 0 aliphatic heterocycles. The minimum atomic E-state index is 0.421. The van der Waals surface area contributed by atoms with Crippen LogP contribution in [0.1, 0.15) is 6.92 Å².